The summed E-state index contributed by atoms with van der Waals surface area (Å²) in [6, 6.07) is 11.9. The first-order valence-electron chi connectivity index (χ1n) is 6.32. The highest BCUT2D eigenvalue weighted by atomic mass is 79.9. The predicted octanol–water partition coefficient (Wildman–Crippen LogP) is 4.72. The number of allylic oxidation sites excluding steroid dienone is 1. The molecule has 0 aromatic heterocycles. The zero-order chi connectivity index (χ0) is 16.8. The summed E-state index contributed by atoms with van der Waals surface area (Å²) in [6.07, 6.45) is 0.548. The molecule has 0 saturated heterocycles. The van der Waals surface area contributed by atoms with Crippen LogP contribution in [0.1, 0.15) is 10.4 Å². The van der Waals surface area contributed by atoms with E-state index >= 15 is 0 Å². The lowest BCUT2D eigenvalue weighted by molar-refractivity contribution is -0.384. The highest BCUT2D eigenvalue weighted by Gasteiger charge is 2.14. The first-order valence-corrected chi connectivity index (χ1v) is 7.11. The monoisotopic (exact) mass is 375 g/mol. The highest BCUT2D eigenvalue weighted by molar-refractivity contribution is 9.10. The van der Waals surface area contributed by atoms with E-state index in [-0.39, 0.29) is 16.9 Å². The van der Waals surface area contributed by atoms with Crippen LogP contribution < -0.4 is 0 Å². The van der Waals surface area contributed by atoms with Crippen LogP contribution in [-0.4, -0.2) is 15.8 Å². The molecule has 0 fully saturated rings. The smallest absolute Gasteiger partial charge is 0.269 e. The van der Waals surface area contributed by atoms with Crippen molar-refractivity contribution >= 4 is 33.1 Å². The van der Waals surface area contributed by atoms with Crippen LogP contribution in [0.3, 0.4) is 0 Å². The minimum Gasteiger partial charge on any atom is -0.513 e. The highest BCUT2D eigenvalue weighted by Crippen LogP contribution is 2.20. The molecule has 7 nitrogen and oxygen atoms in total. The van der Waals surface area contributed by atoms with E-state index < -0.39 is 10.7 Å². The standard InChI is InChI=1S/C15H10BrN3O4/c16-11-3-5-12(6-4-11)17-18-14(9-20)15(21)10-1-7-13(8-2-10)19(22)23/h1-9,20H/b14-9+,18-17?. The fourth-order valence-electron chi connectivity index (χ4n) is 1.63. The molecular weight excluding hydrogens is 366 g/mol. The third-order valence-electron chi connectivity index (χ3n) is 2.80. The Morgan fingerprint density at radius 2 is 1.74 bits per heavy atom. The van der Waals surface area contributed by atoms with Crippen LogP contribution in [0.4, 0.5) is 11.4 Å². The number of hydrogen-bond acceptors (Lipinski definition) is 6. The molecule has 0 aliphatic rings. The second-order valence-electron chi connectivity index (χ2n) is 4.32. The van der Waals surface area contributed by atoms with Gasteiger partial charge in [0, 0.05) is 22.2 Å². The molecule has 2 aromatic carbocycles. The van der Waals surface area contributed by atoms with Gasteiger partial charge in [0.1, 0.15) is 6.26 Å². The number of hydrogen-bond donors (Lipinski definition) is 1. The van der Waals surface area contributed by atoms with E-state index in [2.05, 4.69) is 26.2 Å². The second-order valence-corrected chi connectivity index (χ2v) is 5.24. The largest absolute Gasteiger partial charge is 0.513 e. The summed E-state index contributed by atoms with van der Waals surface area (Å²) in [5.74, 6) is -0.594. The topological polar surface area (TPSA) is 105 Å². The van der Waals surface area contributed by atoms with Crippen molar-refractivity contribution in [3.8, 4) is 0 Å². The summed E-state index contributed by atoms with van der Waals surface area (Å²) in [4.78, 5) is 22.2. The molecular formula is C15H10BrN3O4. The molecule has 2 aromatic rings. The van der Waals surface area contributed by atoms with Crippen LogP contribution >= 0.6 is 15.9 Å². The van der Waals surface area contributed by atoms with Crippen molar-refractivity contribution in [1.82, 2.24) is 0 Å². The normalized spacial score (nSPS) is 11.6. The third kappa shape index (κ3) is 4.30. The Bertz CT molecular complexity index is 783. The molecule has 0 unspecified atom stereocenters. The van der Waals surface area contributed by atoms with Gasteiger partial charge in [-0.1, -0.05) is 15.9 Å². The number of azo groups is 1. The third-order valence-corrected chi connectivity index (χ3v) is 3.32. The Hall–Kier alpha value is -2.87. The Morgan fingerprint density at radius 3 is 2.26 bits per heavy atom. The molecule has 8 heteroatoms. The summed E-state index contributed by atoms with van der Waals surface area (Å²) in [7, 11) is 0. The molecule has 0 bridgehead atoms. The van der Waals surface area contributed by atoms with Crippen molar-refractivity contribution in [3.05, 3.63) is 80.6 Å². The van der Waals surface area contributed by atoms with Crippen LogP contribution in [0.25, 0.3) is 0 Å². The lowest BCUT2D eigenvalue weighted by Crippen LogP contribution is -2.01. The maximum absolute atomic E-state index is 12.2. The molecule has 0 atom stereocenters. The molecule has 0 spiro atoms. The van der Waals surface area contributed by atoms with Crippen molar-refractivity contribution in [3.63, 3.8) is 0 Å². The van der Waals surface area contributed by atoms with Crippen molar-refractivity contribution in [1.29, 1.82) is 0 Å². The summed E-state index contributed by atoms with van der Waals surface area (Å²) in [5.41, 5.74) is 0.254. The van der Waals surface area contributed by atoms with E-state index in [1.165, 1.54) is 24.3 Å². The minimum atomic E-state index is -0.594. The van der Waals surface area contributed by atoms with Crippen LogP contribution in [0.15, 0.2) is 75.2 Å². The zero-order valence-electron chi connectivity index (χ0n) is 11.6. The number of nitro benzene ring substituents is 1. The van der Waals surface area contributed by atoms with Crippen molar-refractivity contribution in [2.75, 3.05) is 0 Å². The van der Waals surface area contributed by atoms with Gasteiger partial charge < -0.3 is 5.11 Å². The van der Waals surface area contributed by atoms with E-state index in [1.54, 1.807) is 24.3 Å². The number of halogens is 1. The van der Waals surface area contributed by atoms with Crippen LogP contribution in [-0.2, 0) is 0 Å². The Labute approximate surface area is 139 Å². The first-order chi connectivity index (χ1) is 11.0. The molecule has 2 rings (SSSR count). The van der Waals surface area contributed by atoms with Gasteiger partial charge in [0.05, 0.1) is 10.6 Å². The van der Waals surface area contributed by atoms with Crippen molar-refractivity contribution < 1.29 is 14.8 Å². The van der Waals surface area contributed by atoms with E-state index in [4.69, 9.17) is 0 Å². The predicted molar refractivity (Wildman–Crippen MR) is 86.8 cm³/mol. The first kappa shape index (κ1) is 16.5. The van der Waals surface area contributed by atoms with Gasteiger partial charge in [-0.3, -0.25) is 14.9 Å². The number of ketones is 1. The number of Topliss-reactive ketones (excluding diaryl/α,β-unsaturated/α-hetero) is 1. The van der Waals surface area contributed by atoms with Crippen molar-refractivity contribution in [2.24, 2.45) is 10.2 Å². The zero-order valence-corrected chi connectivity index (χ0v) is 13.2. The molecule has 0 amide bonds. The molecule has 0 heterocycles. The van der Waals surface area contributed by atoms with E-state index in [1.807, 2.05) is 0 Å². The van der Waals surface area contributed by atoms with Gasteiger partial charge in [-0.2, -0.15) is 5.11 Å². The van der Waals surface area contributed by atoms with Crippen LogP contribution in [0.2, 0.25) is 0 Å². The average molecular weight is 376 g/mol. The summed E-state index contributed by atoms with van der Waals surface area (Å²) in [6.45, 7) is 0. The summed E-state index contributed by atoms with van der Waals surface area (Å²) in [5, 5.41) is 27.3. The van der Waals surface area contributed by atoms with Crippen LogP contribution in [0.5, 0.6) is 0 Å². The van der Waals surface area contributed by atoms with E-state index in [0.717, 1.165) is 4.47 Å². The van der Waals surface area contributed by atoms with Gasteiger partial charge in [0.15, 0.2) is 5.70 Å². The number of aliphatic hydroxyl groups excluding tert-OH is 1. The van der Waals surface area contributed by atoms with Gasteiger partial charge >= 0.3 is 0 Å². The maximum Gasteiger partial charge on any atom is 0.269 e. The molecule has 0 aliphatic carbocycles. The van der Waals surface area contributed by atoms with E-state index in [0.29, 0.717) is 11.9 Å². The molecule has 0 saturated carbocycles. The van der Waals surface area contributed by atoms with Gasteiger partial charge in [-0.15, -0.1) is 5.11 Å². The SMILES string of the molecule is O=C(/C(=C\O)N=Nc1ccc(Br)cc1)c1ccc([N+](=O)[O-])cc1. The van der Waals surface area contributed by atoms with E-state index in [9.17, 15) is 20.0 Å². The van der Waals surface area contributed by atoms with Gasteiger partial charge in [0.2, 0.25) is 5.78 Å². The van der Waals surface area contributed by atoms with Gasteiger partial charge in [-0.25, -0.2) is 0 Å². The fourth-order valence-corrected chi connectivity index (χ4v) is 1.90. The molecule has 23 heavy (non-hydrogen) atoms. The maximum atomic E-state index is 12.2. The number of non-ortho nitro benzene ring substituents is 1. The number of nitro groups is 1. The quantitative estimate of drug-likeness (QED) is 0.203. The number of nitrogens with zero attached hydrogens (tertiary/aromatic N) is 3. The molecule has 1 N–H and O–H groups in total. The Balaban J connectivity index is 2.18. The summed E-state index contributed by atoms with van der Waals surface area (Å²) < 4.78 is 0.872. The molecule has 0 radical (unpaired) electrons. The Kier molecular flexibility index (Phi) is 5.32. The number of aliphatic hydroxyl groups is 1. The number of benzene rings is 2. The molecule has 116 valence electrons. The van der Waals surface area contributed by atoms with Crippen molar-refractivity contribution in [2.45, 2.75) is 0 Å². The van der Waals surface area contributed by atoms with Gasteiger partial charge in [0.25, 0.3) is 5.69 Å². The van der Waals surface area contributed by atoms with Crippen LogP contribution in [0, 0.1) is 10.1 Å². The lowest BCUT2D eigenvalue weighted by Gasteiger charge is -2.00. The van der Waals surface area contributed by atoms with Gasteiger partial charge in [-0.05, 0) is 36.4 Å². The second kappa shape index (κ2) is 7.41. The fraction of sp³-hybridized carbons (Fsp3) is 0. The number of rotatable bonds is 5. The Morgan fingerprint density at radius 1 is 1.13 bits per heavy atom. The summed E-state index contributed by atoms with van der Waals surface area (Å²) >= 11 is 3.28. The number of carbonyl (C=O) groups excluding carboxylic acids is 1. The lowest BCUT2D eigenvalue weighted by atomic mass is 10.1. The minimum absolute atomic E-state index is 0.132. The number of carbonyl (C=O) groups is 1. The molecule has 0 aliphatic heterocycles. The average Bonchev–Trinajstić information content (AvgIpc) is 2.57.